The summed E-state index contributed by atoms with van der Waals surface area (Å²) in [4.78, 5) is 40.2. The fourth-order valence-corrected chi connectivity index (χ4v) is 4.70. The minimum atomic E-state index is -3.87. The molecule has 2 atom stereocenters. The Bertz CT molecular complexity index is 1200. The van der Waals surface area contributed by atoms with Crippen LogP contribution >= 0.6 is 0 Å². The van der Waals surface area contributed by atoms with Crippen LogP contribution in [0, 0.1) is 6.92 Å². The van der Waals surface area contributed by atoms with E-state index in [1.165, 1.54) is 17.9 Å². The standard InChI is InChI=1S/C27H37N3O5S/c1-7-20(4)28-27(33)25(8-2)29(17-22-12-9-11-19(3)15-22)26(32)18-30(36(6,34)35)24-14-10-13-23(16-24)21(5)31/h9-16,20,25H,7-8,17-18H2,1-6H3,(H,28,33)/t20-,25+/m0/s1. The molecule has 1 N–H and O–H groups in total. The number of sulfonamides is 1. The van der Waals surface area contributed by atoms with Gasteiger partial charge in [-0.1, -0.05) is 55.8 Å². The first kappa shape index (κ1) is 29.0. The summed E-state index contributed by atoms with van der Waals surface area (Å²) in [6.45, 7) is 8.65. The maximum absolute atomic E-state index is 13.7. The summed E-state index contributed by atoms with van der Waals surface area (Å²) in [5.41, 5.74) is 2.40. The van der Waals surface area contributed by atoms with Crippen molar-refractivity contribution in [3.63, 3.8) is 0 Å². The first-order chi connectivity index (χ1) is 16.9. The molecule has 0 bridgehead atoms. The van der Waals surface area contributed by atoms with Crippen molar-refractivity contribution in [2.24, 2.45) is 0 Å². The summed E-state index contributed by atoms with van der Waals surface area (Å²) in [5, 5.41) is 2.95. The zero-order chi connectivity index (χ0) is 27.0. The number of Topliss-reactive ketones (excluding diaryl/α,β-unsaturated/α-hetero) is 1. The molecule has 0 spiro atoms. The average molecular weight is 516 g/mol. The molecule has 0 heterocycles. The molecule has 0 unspecified atom stereocenters. The third-order valence-corrected chi connectivity index (χ3v) is 7.18. The molecule has 2 aromatic carbocycles. The number of nitrogens with one attached hydrogen (secondary N) is 1. The van der Waals surface area contributed by atoms with E-state index in [1.54, 1.807) is 18.2 Å². The minimum Gasteiger partial charge on any atom is -0.352 e. The van der Waals surface area contributed by atoms with E-state index in [1.807, 2.05) is 52.0 Å². The van der Waals surface area contributed by atoms with E-state index in [-0.39, 0.29) is 30.0 Å². The molecule has 9 heteroatoms. The number of nitrogens with zero attached hydrogens (tertiary/aromatic N) is 2. The van der Waals surface area contributed by atoms with Crippen molar-refractivity contribution in [2.75, 3.05) is 17.1 Å². The molecule has 2 rings (SSSR count). The summed E-state index contributed by atoms with van der Waals surface area (Å²) >= 11 is 0. The maximum Gasteiger partial charge on any atom is 0.244 e. The van der Waals surface area contributed by atoms with Gasteiger partial charge in [0.2, 0.25) is 21.8 Å². The van der Waals surface area contributed by atoms with Crippen molar-refractivity contribution in [1.29, 1.82) is 0 Å². The summed E-state index contributed by atoms with van der Waals surface area (Å²) in [7, 11) is -3.87. The van der Waals surface area contributed by atoms with Crippen LogP contribution in [0.2, 0.25) is 0 Å². The summed E-state index contributed by atoms with van der Waals surface area (Å²) in [6.07, 6.45) is 2.11. The van der Waals surface area contributed by atoms with E-state index in [4.69, 9.17) is 0 Å². The molecule has 36 heavy (non-hydrogen) atoms. The van der Waals surface area contributed by atoms with Crippen LogP contribution in [0.3, 0.4) is 0 Å². The van der Waals surface area contributed by atoms with Crippen molar-refractivity contribution >= 4 is 33.3 Å². The quantitative estimate of drug-likeness (QED) is 0.434. The largest absolute Gasteiger partial charge is 0.352 e. The van der Waals surface area contributed by atoms with Gasteiger partial charge in [-0.3, -0.25) is 18.7 Å². The number of rotatable bonds is 12. The SMILES string of the molecule is CC[C@H](C(=O)N[C@@H](C)CC)N(Cc1cccc(C)c1)C(=O)CN(c1cccc(C(C)=O)c1)S(C)(=O)=O. The molecule has 0 aliphatic rings. The van der Waals surface area contributed by atoms with Gasteiger partial charge < -0.3 is 10.2 Å². The van der Waals surface area contributed by atoms with Crippen LogP contribution in [0.5, 0.6) is 0 Å². The van der Waals surface area contributed by atoms with Crippen LogP contribution in [0.1, 0.15) is 62.0 Å². The van der Waals surface area contributed by atoms with E-state index >= 15 is 0 Å². The van der Waals surface area contributed by atoms with Gasteiger partial charge >= 0.3 is 0 Å². The second-order valence-corrected chi connectivity index (χ2v) is 11.0. The average Bonchev–Trinajstić information content (AvgIpc) is 2.81. The lowest BCUT2D eigenvalue weighted by Gasteiger charge is -2.33. The molecule has 0 aliphatic carbocycles. The number of amides is 2. The van der Waals surface area contributed by atoms with E-state index in [0.29, 0.717) is 12.0 Å². The smallest absolute Gasteiger partial charge is 0.244 e. The van der Waals surface area contributed by atoms with Gasteiger partial charge in [0.1, 0.15) is 12.6 Å². The highest BCUT2D eigenvalue weighted by Crippen LogP contribution is 2.21. The Balaban J connectivity index is 2.48. The van der Waals surface area contributed by atoms with E-state index in [0.717, 1.165) is 28.1 Å². The lowest BCUT2D eigenvalue weighted by Crippen LogP contribution is -2.53. The van der Waals surface area contributed by atoms with Gasteiger partial charge in [-0.15, -0.1) is 0 Å². The molecule has 2 amide bonds. The van der Waals surface area contributed by atoms with E-state index in [2.05, 4.69) is 5.32 Å². The van der Waals surface area contributed by atoms with Crippen molar-refractivity contribution in [1.82, 2.24) is 10.2 Å². The van der Waals surface area contributed by atoms with Crippen molar-refractivity contribution < 1.29 is 22.8 Å². The fourth-order valence-electron chi connectivity index (χ4n) is 3.86. The highest BCUT2D eigenvalue weighted by atomic mass is 32.2. The van der Waals surface area contributed by atoms with Gasteiger partial charge in [-0.2, -0.15) is 0 Å². The first-order valence-electron chi connectivity index (χ1n) is 12.1. The van der Waals surface area contributed by atoms with Gasteiger partial charge in [0.05, 0.1) is 11.9 Å². The zero-order valence-electron chi connectivity index (χ0n) is 21.9. The van der Waals surface area contributed by atoms with E-state index < -0.39 is 28.5 Å². The van der Waals surface area contributed by atoms with Crippen LogP contribution in [0.15, 0.2) is 48.5 Å². The zero-order valence-corrected chi connectivity index (χ0v) is 22.8. The number of carbonyl (C=O) groups is 3. The molecular weight excluding hydrogens is 478 g/mol. The molecule has 196 valence electrons. The Kier molecular flexibility index (Phi) is 10.2. The predicted octanol–water partition coefficient (Wildman–Crippen LogP) is 3.69. The number of benzene rings is 2. The lowest BCUT2D eigenvalue weighted by molar-refractivity contribution is -0.140. The van der Waals surface area contributed by atoms with Gasteiger partial charge in [-0.05, 0) is 51.3 Å². The fraction of sp³-hybridized carbons (Fsp3) is 0.444. The van der Waals surface area contributed by atoms with Crippen LogP contribution in [0.4, 0.5) is 5.69 Å². The van der Waals surface area contributed by atoms with Crippen LogP contribution in [-0.2, 0) is 26.2 Å². The van der Waals surface area contributed by atoms with Crippen LogP contribution in [-0.4, -0.2) is 55.8 Å². The van der Waals surface area contributed by atoms with Crippen molar-refractivity contribution in [3.05, 3.63) is 65.2 Å². The van der Waals surface area contributed by atoms with Crippen molar-refractivity contribution in [3.8, 4) is 0 Å². The number of anilines is 1. The Hall–Kier alpha value is -3.20. The molecule has 0 saturated heterocycles. The summed E-state index contributed by atoms with van der Waals surface area (Å²) in [6, 6.07) is 12.9. The molecule has 0 saturated carbocycles. The maximum atomic E-state index is 13.7. The molecule has 0 radical (unpaired) electrons. The normalized spacial score (nSPS) is 12.9. The third kappa shape index (κ3) is 7.91. The topological polar surface area (TPSA) is 104 Å². The first-order valence-corrected chi connectivity index (χ1v) is 14.0. The molecule has 0 aliphatic heterocycles. The lowest BCUT2D eigenvalue weighted by atomic mass is 10.1. The minimum absolute atomic E-state index is 0.0655. The van der Waals surface area contributed by atoms with Crippen molar-refractivity contribution in [2.45, 2.75) is 66.1 Å². The monoisotopic (exact) mass is 515 g/mol. The van der Waals surface area contributed by atoms with E-state index in [9.17, 15) is 22.8 Å². The Morgan fingerprint density at radius 3 is 2.22 bits per heavy atom. The van der Waals surface area contributed by atoms with Gasteiger partial charge in [-0.25, -0.2) is 8.42 Å². The molecular formula is C27H37N3O5S. The molecule has 8 nitrogen and oxygen atoms in total. The predicted molar refractivity (Wildman–Crippen MR) is 142 cm³/mol. The number of hydrogen-bond acceptors (Lipinski definition) is 5. The Morgan fingerprint density at radius 2 is 1.67 bits per heavy atom. The molecule has 2 aromatic rings. The number of hydrogen-bond donors (Lipinski definition) is 1. The third-order valence-electron chi connectivity index (χ3n) is 6.04. The Morgan fingerprint density at radius 1 is 1.00 bits per heavy atom. The van der Waals surface area contributed by atoms with Gasteiger partial charge in [0, 0.05) is 18.2 Å². The number of ketones is 1. The van der Waals surface area contributed by atoms with Gasteiger partial charge in [0.25, 0.3) is 0 Å². The summed E-state index contributed by atoms with van der Waals surface area (Å²) < 4.78 is 26.4. The highest BCUT2D eigenvalue weighted by molar-refractivity contribution is 7.92. The molecule has 0 fully saturated rings. The Labute approximate surface area is 214 Å². The second-order valence-electron chi connectivity index (χ2n) is 9.13. The number of aryl methyl sites for hydroxylation is 1. The summed E-state index contributed by atoms with van der Waals surface area (Å²) in [5.74, 6) is -1.01. The highest BCUT2D eigenvalue weighted by Gasteiger charge is 2.32. The number of carbonyl (C=O) groups excluding carboxylic acids is 3. The van der Waals surface area contributed by atoms with Crippen LogP contribution in [0.25, 0.3) is 0 Å². The molecule has 0 aromatic heterocycles. The second kappa shape index (κ2) is 12.7. The van der Waals surface area contributed by atoms with Gasteiger partial charge in [0.15, 0.2) is 5.78 Å². The van der Waals surface area contributed by atoms with Crippen LogP contribution < -0.4 is 9.62 Å².